The van der Waals surface area contributed by atoms with E-state index in [-0.39, 0.29) is 6.04 Å². The third-order valence-electron chi connectivity index (χ3n) is 4.19. The summed E-state index contributed by atoms with van der Waals surface area (Å²) in [5.74, 6) is 1.31. The van der Waals surface area contributed by atoms with Crippen LogP contribution >= 0.6 is 0 Å². The molecule has 1 heterocycles. The smallest absolute Gasteiger partial charge is 0.0632 e. The minimum absolute atomic E-state index is 0.207. The molecule has 3 heteroatoms. The Morgan fingerprint density at radius 2 is 2.00 bits per heavy atom. The Kier molecular flexibility index (Phi) is 5.28. The van der Waals surface area contributed by atoms with Crippen molar-refractivity contribution in [3.63, 3.8) is 0 Å². The zero-order chi connectivity index (χ0) is 14.5. The standard InChI is InChI=1S/C18H23N2O/c1-21-14-17-12-7-13-20(17)19-18(16-10-5-6-11-16)15-8-3-2-4-9-15/h2-6,8-11,17-19H,7,12-14H2,1H3/t17-,18+/m0/s1. The number of hydrogen-bond donors (Lipinski definition) is 1. The van der Waals surface area contributed by atoms with Crippen molar-refractivity contribution >= 4 is 0 Å². The molecule has 111 valence electrons. The number of hydrazine groups is 1. The normalized spacial score (nSPS) is 25.5. The average molecular weight is 283 g/mol. The third-order valence-corrected chi connectivity index (χ3v) is 4.19. The summed E-state index contributed by atoms with van der Waals surface area (Å²) in [5.41, 5.74) is 5.02. The van der Waals surface area contributed by atoms with E-state index in [0.717, 1.165) is 13.2 Å². The highest BCUT2D eigenvalue weighted by molar-refractivity contribution is 5.42. The number of nitrogens with one attached hydrogen (secondary N) is 1. The lowest BCUT2D eigenvalue weighted by molar-refractivity contribution is 0.0734. The fourth-order valence-corrected chi connectivity index (χ4v) is 3.11. The van der Waals surface area contributed by atoms with Gasteiger partial charge < -0.3 is 4.74 Å². The Morgan fingerprint density at radius 1 is 1.24 bits per heavy atom. The van der Waals surface area contributed by atoms with Gasteiger partial charge in [-0.1, -0.05) is 30.3 Å². The van der Waals surface area contributed by atoms with Crippen LogP contribution < -0.4 is 5.43 Å². The molecule has 1 saturated heterocycles. The Labute approximate surface area is 128 Å². The molecule has 1 N–H and O–H groups in total. The van der Waals surface area contributed by atoms with Gasteiger partial charge in [-0.3, -0.25) is 0 Å². The lowest BCUT2D eigenvalue weighted by Crippen LogP contribution is -2.46. The molecule has 1 aromatic rings. The van der Waals surface area contributed by atoms with Crippen molar-refractivity contribution in [1.29, 1.82) is 0 Å². The number of nitrogens with zero attached hydrogens (tertiary/aromatic N) is 1. The van der Waals surface area contributed by atoms with Crippen LogP contribution in [-0.2, 0) is 4.74 Å². The second-order valence-electron chi connectivity index (χ2n) is 5.64. The van der Waals surface area contributed by atoms with Crippen LogP contribution in [0, 0.1) is 31.6 Å². The van der Waals surface area contributed by atoms with Crippen molar-refractivity contribution in [2.24, 2.45) is 0 Å². The quantitative estimate of drug-likeness (QED) is 0.869. The Morgan fingerprint density at radius 3 is 2.71 bits per heavy atom. The van der Waals surface area contributed by atoms with Crippen LogP contribution in [0.15, 0.2) is 30.3 Å². The predicted molar refractivity (Wildman–Crippen MR) is 84.4 cm³/mol. The first-order chi connectivity index (χ1) is 10.4. The molecule has 3 nitrogen and oxygen atoms in total. The zero-order valence-electron chi connectivity index (χ0n) is 12.5. The Hall–Kier alpha value is -0.900. The number of rotatable bonds is 6. The fourth-order valence-electron chi connectivity index (χ4n) is 3.11. The Balaban J connectivity index is 1.73. The maximum absolute atomic E-state index is 5.35. The van der Waals surface area contributed by atoms with E-state index in [1.807, 2.05) is 0 Å². The molecule has 2 fully saturated rings. The molecule has 0 amide bonds. The lowest BCUT2D eigenvalue weighted by Gasteiger charge is -2.33. The predicted octanol–water partition coefficient (Wildman–Crippen LogP) is 2.75. The van der Waals surface area contributed by atoms with Crippen molar-refractivity contribution in [3.05, 3.63) is 67.5 Å². The van der Waals surface area contributed by atoms with Gasteiger partial charge in [-0.25, -0.2) is 10.4 Å². The van der Waals surface area contributed by atoms with Gasteiger partial charge >= 0.3 is 0 Å². The molecule has 1 aliphatic carbocycles. The van der Waals surface area contributed by atoms with E-state index >= 15 is 0 Å². The average Bonchev–Trinajstić information content (AvgIpc) is 3.18. The van der Waals surface area contributed by atoms with Crippen molar-refractivity contribution in [1.82, 2.24) is 10.4 Å². The molecule has 0 spiro atoms. The second-order valence-corrected chi connectivity index (χ2v) is 5.64. The van der Waals surface area contributed by atoms with E-state index in [0.29, 0.717) is 6.04 Å². The molecule has 2 atom stereocenters. The summed E-state index contributed by atoms with van der Waals surface area (Å²) < 4.78 is 5.35. The Bertz CT molecular complexity index is 416. The SMILES string of the molecule is COC[C@@H]1CCCN1N[C@@H]([C]1[CH][CH][CH][CH]1)c1ccccc1. The second kappa shape index (κ2) is 7.39. The van der Waals surface area contributed by atoms with Crippen molar-refractivity contribution in [2.75, 3.05) is 20.3 Å². The molecule has 3 rings (SSSR count). The van der Waals surface area contributed by atoms with Gasteiger partial charge in [-0.15, -0.1) is 0 Å². The van der Waals surface area contributed by atoms with Gasteiger partial charge in [-0.05, 0) is 44.1 Å². The first-order valence-electron chi connectivity index (χ1n) is 7.67. The summed E-state index contributed by atoms with van der Waals surface area (Å²) in [6, 6.07) is 11.3. The first-order valence-corrected chi connectivity index (χ1v) is 7.67. The molecule has 1 aromatic carbocycles. The number of benzene rings is 1. The van der Waals surface area contributed by atoms with Gasteiger partial charge in [0.15, 0.2) is 0 Å². The van der Waals surface area contributed by atoms with Gasteiger partial charge in [0, 0.05) is 25.6 Å². The maximum atomic E-state index is 5.35. The molecule has 21 heavy (non-hydrogen) atoms. The molecule has 0 unspecified atom stereocenters. The lowest BCUT2D eigenvalue weighted by atomic mass is 9.92. The van der Waals surface area contributed by atoms with Crippen LogP contribution in [0.5, 0.6) is 0 Å². The monoisotopic (exact) mass is 283 g/mol. The van der Waals surface area contributed by atoms with E-state index in [2.05, 4.69) is 66.4 Å². The van der Waals surface area contributed by atoms with Gasteiger partial charge in [0.05, 0.1) is 12.6 Å². The molecular formula is C18H23N2O. The molecule has 1 aliphatic heterocycles. The van der Waals surface area contributed by atoms with Crippen LogP contribution in [0.1, 0.15) is 24.4 Å². The summed E-state index contributed by atoms with van der Waals surface area (Å²) in [6.45, 7) is 1.87. The van der Waals surface area contributed by atoms with Crippen molar-refractivity contribution in [3.8, 4) is 0 Å². The highest BCUT2D eigenvalue weighted by Gasteiger charge is 2.32. The molecule has 1 saturated carbocycles. The highest BCUT2D eigenvalue weighted by atomic mass is 16.5. The number of methoxy groups -OCH3 is 1. The zero-order valence-corrected chi connectivity index (χ0v) is 12.5. The third kappa shape index (κ3) is 3.65. The fraction of sp³-hybridized carbons (Fsp3) is 0.389. The van der Waals surface area contributed by atoms with E-state index in [1.165, 1.54) is 24.3 Å². The van der Waals surface area contributed by atoms with Crippen molar-refractivity contribution in [2.45, 2.75) is 24.9 Å². The maximum Gasteiger partial charge on any atom is 0.0632 e. The van der Waals surface area contributed by atoms with Crippen molar-refractivity contribution < 1.29 is 4.74 Å². The van der Waals surface area contributed by atoms with E-state index in [9.17, 15) is 0 Å². The van der Waals surface area contributed by atoms with Crippen LogP contribution in [0.4, 0.5) is 0 Å². The van der Waals surface area contributed by atoms with Crippen LogP contribution in [0.3, 0.4) is 0 Å². The number of hydrogen-bond acceptors (Lipinski definition) is 3. The van der Waals surface area contributed by atoms with E-state index in [1.54, 1.807) is 7.11 Å². The first kappa shape index (κ1) is 15.0. The summed E-state index contributed by atoms with van der Waals surface area (Å²) in [5, 5.41) is 2.36. The number of ether oxygens (including phenoxy) is 1. The largest absolute Gasteiger partial charge is 0.383 e. The van der Waals surface area contributed by atoms with Gasteiger partial charge in [-0.2, -0.15) is 0 Å². The minimum Gasteiger partial charge on any atom is -0.383 e. The topological polar surface area (TPSA) is 24.5 Å². The molecule has 2 aliphatic rings. The van der Waals surface area contributed by atoms with Gasteiger partial charge in [0.1, 0.15) is 0 Å². The molecular weight excluding hydrogens is 260 g/mol. The van der Waals surface area contributed by atoms with E-state index in [4.69, 9.17) is 4.74 Å². The van der Waals surface area contributed by atoms with Crippen LogP contribution in [0.2, 0.25) is 0 Å². The highest BCUT2D eigenvalue weighted by Crippen LogP contribution is 2.36. The molecule has 0 aromatic heterocycles. The summed E-state index contributed by atoms with van der Waals surface area (Å²) in [6.07, 6.45) is 11.0. The molecule has 5 radical (unpaired) electrons. The van der Waals surface area contributed by atoms with Gasteiger partial charge in [0.2, 0.25) is 0 Å². The molecule has 0 bridgehead atoms. The summed E-state index contributed by atoms with van der Waals surface area (Å²) in [4.78, 5) is 0. The summed E-state index contributed by atoms with van der Waals surface area (Å²) >= 11 is 0. The summed E-state index contributed by atoms with van der Waals surface area (Å²) in [7, 11) is 1.78. The van der Waals surface area contributed by atoms with Crippen LogP contribution in [0.25, 0.3) is 0 Å². The van der Waals surface area contributed by atoms with E-state index < -0.39 is 0 Å². The van der Waals surface area contributed by atoms with Crippen LogP contribution in [-0.4, -0.2) is 31.3 Å². The minimum atomic E-state index is 0.207. The van der Waals surface area contributed by atoms with Gasteiger partial charge in [0.25, 0.3) is 0 Å².